The highest BCUT2D eigenvalue weighted by molar-refractivity contribution is 6.00. The largest absolute Gasteiger partial charge is 0.334 e. The molecule has 0 spiro atoms. The molecule has 34 heavy (non-hydrogen) atoms. The third kappa shape index (κ3) is 6.80. The van der Waals surface area contributed by atoms with Crippen LogP contribution < -0.4 is 10.6 Å². The maximum absolute atomic E-state index is 13.0. The van der Waals surface area contributed by atoms with Gasteiger partial charge in [0.15, 0.2) is 0 Å². The summed E-state index contributed by atoms with van der Waals surface area (Å²) < 4.78 is 0. The van der Waals surface area contributed by atoms with Crippen molar-refractivity contribution in [1.29, 1.82) is 0 Å². The van der Waals surface area contributed by atoms with E-state index in [9.17, 15) is 4.79 Å². The van der Waals surface area contributed by atoms with Crippen LogP contribution >= 0.6 is 0 Å². The van der Waals surface area contributed by atoms with Crippen molar-refractivity contribution in [1.82, 2.24) is 15.2 Å². The summed E-state index contributed by atoms with van der Waals surface area (Å²) in [5, 5.41) is 7.32. The number of nitrogens with zero attached hydrogens (tertiary/aromatic N) is 2. The molecule has 1 aromatic heterocycles. The lowest BCUT2D eigenvalue weighted by Crippen LogP contribution is -2.48. The van der Waals surface area contributed by atoms with Crippen LogP contribution in [0.4, 0.5) is 10.5 Å². The molecule has 0 saturated carbocycles. The number of nitrogens with one attached hydrogen (secondary N) is 2. The molecule has 0 bridgehead atoms. The summed E-state index contributed by atoms with van der Waals surface area (Å²) in [6.07, 6.45) is 4.58. The second-order valence-corrected chi connectivity index (χ2v) is 10.2. The molecular weight excluding hydrogens is 420 g/mol. The number of amides is 2. The Kier molecular flexibility index (Phi) is 8.17. The number of benzene rings is 2. The highest BCUT2D eigenvalue weighted by Crippen LogP contribution is 2.24. The van der Waals surface area contributed by atoms with Crippen LogP contribution in [0.5, 0.6) is 0 Å². The predicted molar refractivity (Wildman–Crippen MR) is 141 cm³/mol. The zero-order valence-corrected chi connectivity index (χ0v) is 20.8. The van der Waals surface area contributed by atoms with Crippen LogP contribution in [0.3, 0.4) is 0 Å². The lowest BCUT2D eigenvalue weighted by atomic mass is 9.90. The summed E-state index contributed by atoms with van der Waals surface area (Å²) in [5.74, 6) is 1.27. The zero-order chi connectivity index (χ0) is 23.9. The molecule has 180 valence electrons. The van der Waals surface area contributed by atoms with Gasteiger partial charge in [-0.1, -0.05) is 62.4 Å². The first-order chi connectivity index (χ1) is 16.5. The van der Waals surface area contributed by atoms with E-state index in [1.165, 1.54) is 24.8 Å². The van der Waals surface area contributed by atoms with Gasteiger partial charge >= 0.3 is 6.03 Å². The molecule has 1 aliphatic rings. The molecule has 1 atom stereocenters. The van der Waals surface area contributed by atoms with Gasteiger partial charge in [-0.15, -0.1) is 0 Å². The summed E-state index contributed by atoms with van der Waals surface area (Å²) in [5.41, 5.74) is 4.04. The molecule has 2 heterocycles. The number of carbonyl (C=O) groups is 1. The molecule has 1 fully saturated rings. The van der Waals surface area contributed by atoms with E-state index < -0.39 is 0 Å². The first kappa shape index (κ1) is 24.2. The van der Waals surface area contributed by atoms with Crippen molar-refractivity contribution in [3.63, 3.8) is 0 Å². The number of fused-ring (bicyclic) bond motifs is 1. The summed E-state index contributed by atoms with van der Waals surface area (Å²) in [4.78, 5) is 20.1. The van der Waals surface area contributed by atoms with Gasteiger partial charge in [0.05, 0.1) is 11.2 Å². The Hall–Kier alpha value is -2.92. The number of urea groups is 1. The lowest BCUT2D eigenvalue weighted by molar-refractivity contribution is 0.162. The van der Waals surface area contributed by atoms with E-state index in [1.807, 2.05) is 37.3 Å². The second-order valence-electron chi connectivity index (χ2n) is 10.2. The Morgan fingerprint density at radius 1 is 1.06 bits per heavy atom. The monoisotopic (exact) mass is 458 g/mol. The average Bonchev–Trinajstić information content (AvgIpc) is 2.80. The standard InChI is InChI=1S/C29H38N4O/c1-21(2)17-25(20-33-15-13-24(14-16-33)19-23-9-5-4-6-10-23)31-29(34)32-28-18-22(3)30-27-12-8-7-11-26(27)28/h4-12,18,21,24-25H,13-17,19-20H2,1-3H3,(H2,30,31,32,34)/t25-/m0/s1. The Balaban J connectivity index is 1.33. The molecule has 2 aromatic carbocycles. The molecule has 1 saturated heterocycles. The van der Waals surface area contributed by atoms with Gasteiger partial charge in [0.25, 0.3) is 0 Å². The fraction of sp³-hybridized carbons (Fsp3) is 0.448. The molecular formula is C29H38N4O. The number of carbonyl (C=O) groups excluding carboxylic acids is 1. The lowest BCUT2D eigenvalue weighted by Gasteiger charge is -2.35. The molecule has 2 amide bonds. The van der Waals surface area contributed by atoms with Gasteiger partial charge in [-0.05, 0) is 75.2 Å². The predicted octanol–water partition coefficient (Wildman–Crippen LogP) is 6.03. The minimum atomic E-state index is -0.139. The Bertz CT molecular complexity index is 1070. The smallest absolute Gasteiger partial charge is 0.319 e. The number of hydrogen-bond acceptors (Lipinski definition) is 3. The summed E-state index contributed by atoms with van der Waals surface area (Å²) in [6, 6.07) is 20.7. The van der Waals surface area contributed by atoms with Gasteiger partial charge in [-0.25, -0.2) is 4.79 Å². The van der Waals surface area contributed by atoms with Crippen molar-refractivity contribution in [3.05, 3.63) is 71.9 Å². The van der Waals surface area contributed by atoms with Gasteiger partial charge < -0.3 is 15.5 Å². The number of aryl methyl sites for hydroxylation is 1. The van der Waals surface area contributed by atoms with E-state index in [-0.39, 0.29) is 12.1 Å². The van der Waals surface area contributed by atoms with Gasteiger partial charge in [-0.2, -0.15) is 0 Å². The van der Waals surface area contributed by atoms with Crippen LogP contribution in [-0.2, 0) is 6.42 Å². The van der Waals surface area contributed by atoms with Crippen molar-refractivity contribution in [3.8, 4) is 0 Å². The van der Waals surface area contributed by atoms with Crippen LogP contribution in [-0.4, -0.2) is 41.6 Å². The molecule has 5 nitrogen and oxygen atoms in total. The maximum Gasteiger partial charge on any atom is 0.319 e. The summed E-state index contributed by atoms with van der Waals surface area (Å²) in [6.45, 7) is 9.50. The first-order valence-corrected chi connectivity index (χ1v) is 12.7. The van der Waals surface area contributed by atoms with Crippen molar-refractivity contribution in [2.45, 2.75) is 52.5 Å². The number of anilines is 1. The third-order valence-electron chi connectivity index (χ3n) is 6.74. The Morgan fingerprint density at radius 2 is 1.76 bits per heavy atom. The fourth-order valence-electron chi connectivity index (χ4n) is 5.14. The minimum absolute atomic E-state index is 0.125. The Labute approximate surface area is 204 Å². The first-order valence-electron chi connectivity index (χ1n) is 12.7. The van der Waals surface area contributed by atoms with Crippen molar-refractivity contribution < 1.29 is 4.79 Å². The van der Waals surface area contributed by atoms with E-state index in [4.69, 9.17) is 0 Å². The highest BCUT2D eigenvalue weighted by Gasteiger charge is 2.23. The van der Waals surface area contributed by atoms with E-state index in [1.54, 1.807) is 0 Å². The summed E-state index contributed by atoms with van der Waals surface area (Å²) in [7, 11) is 0. The van der Waals surface area contributed by atoms with Crippen LogP contribution in [0, 0.1) is 18.8 Å². The highest BCUT2D eigenvalue weighted by atomic mass is 16.2. The van der Waals surface area contributed by atoms with Crippen molar-refractivity contribution in [2.75, 3.05) is 25.0 Å². The van der Waals surface area contributed by atoms with Crippen LogP contribution in [0.1, 0.15) is 44.4 Å². The van der Waals surface area contributed by atoms with E-state index in [0.29, 0.717) is 5.92 Å². The zero-order valence-electron chi connectivity index (χ0n) is 20.8. The number of pyridine rings is 1. The molecule has 0 radical (unpaired) electrons. The SMILES string of the molecule is Cc1cc(NC(=O)N[C@@H](CC(C)C)CN2CCC(Cc3ccccc3)CC2)c2ccccc2n1. The van der Waals surface area contributed by atoms with E-state index in [0.717, 1.165) is 54.3 Å². The average molecular weight is 459 g/mol. The second kappa shape index (κ2) is 11.5. The molecule has 5 heteroatoms. The number of aromatic nitrogens is 1. The molecule has 1 aliphatic heterocycles. The fourth-order valence-corrected chi connectivity index (χ4v) is 5.14. The van der Waals surface area contributed by atoms with Crippen molar-refractivity contribution >= 4 is 22.6 Å². The maximum atomic E-state index is 13.0. The van der Waals surface area contributed by atoms with Crippen LogP contribution in [0.2, 0.25) is 0 Å². The molecule has 3 aromatic rings. The molecule has 4 rings (SSSR count). The van der Waals surface area contributed by atoms with Crippen molar-refractivity contribution in [2.24, 2.45) is 11.8 Å². The van der Waals surface area contributed by atoms with Gasteiger partial charge in [-0.3, -0.25) is 4.98 Å². The number of hydrogen-bond donors (Lipinski definition) is 2. The normalized spacial score (nSPS) is 16.0. The number of para-hydroxylation sites is 1. The number of rotatable bonds is 8. The Morgan fingerprint density at radius 3 is 2.50 bits per heavy atom. The number of likely N-dealkylation sites (tertiary alicyclic amines) is 1. The molecule has 2 N–H and O–H groups in total. The van der Waals surface area contributed by atoms with E-state index in [2.05, 4.69) is 64.7 Å². The van der Waals surface area contributed by atoms with Gasteiger partial charge in [0.1, 0.15) is 0 Å². The van der Waals surface area contributed by atoms with Gasteiger partial charge in [0.2, 0.25) is 0 Å². The van der Waals surface area contributed by atoms with E-state index >= 15 is 0 Å². The molecule has 0 unspecified atom stereocenters. The van der Waals surface area contributed by atoms with Gasteiger partial charge in [0, 0.05) is 23.7 Å². The van der Waals surface area contributed by atoms with Crippen LogP contribution in [0.15, 0.2) is 60.7 Å². The summed E-state index contributed by atoms with van der Waals surface area (Å²) >= 11 is 0. The minimum Gasteiger partial charge on any atom is -0.334 e. The number of piperidine rings is 1. The quantitative estimate of drug-likeness (QED) is 0.433. The topological polar surface area (TPSA) is 57.3 Å². The van der Waals surface area contributed by atoms with Crippen LogP contribution in [0.25, 0.3) is 10.9 Å². The third-order valence-corrected chi connectivity index (χ3v) is 6.74. The molecule has 0 aliphatic carbocycles.